The monoisotopic (exact) mass is 201 g/mol. The first-order valence-electron chi connectivity index (χ1n) is 2.91. The minimum absolute atomic E-state index is 0.731. The van der Waals surface area contributed by atoms with Crippen molar-refractivity contribution in [1.29, 1.82) is 0 Å². The number of anilines is 1. The van der Waals surface area contributed by atoms with Crippen LogP contribution in [0, 0.1) is 6.92 Å². The summed E-state index contributed by atoms with van der Waals surface area (Å²) in [6, 6.07) is 5.59. The van der Waals surface area contributed by atoms with Gasteiger partial charge in [-0.15, -0.1) is 0 Å². The highest BCUT2D eigenvalue weighted by Gasteiger charge is 1.97. The average molecular weight is 202 g/mol. The van der Waals surface area contributed by atoms with Crippen LogP contribution in [0.15, 0.2) is 22.7 Å². The molecular weight excluding hydrogens is 194 g/mol. The van der Waals surface area contributed by atoms with E-state index in [4.69, 9.17) is 5.21 Å². The molecule has 0 aromatic heterocycles. The summed E-state index contributed by atoms with van der Waals surface area (Å²) >= 11 is 3.34. The molecule has 0 aliphatic rings. The van der Waals surface area contributed by atoms with Gasteiger partial charge in [-0.3, -0.25) is 10.7 Å². The van der Waals surface area contributed by atoms with Gasteiger partial charge in [-0.25, -0.2) is 0 Å². The summed E-state index contributed by atoms with van der Waals surface area (Å²) in [7, 11) is 0. The normalized spacial score (nSPS) is 9.50. The van der Waals surface area contributed by atoms with Gasteiger partial charge in [0.25, 0.3) is 0 Å². The van der Waals surface area contributed by atoms with E-state index in [1.54, 1.807) is 6.07 Å². The number of halogens is 1. The largest absolute Gasteiger partial charge is 0.291 e. The molecule has 2 N–H and O–H groups in total. The minimum Gasteiger partial charge on any atom is -0.291 e. The zero-order valence-electron chi connectivity index (χ0n) is 5.56. The van der Waals surface area contributed by atoms with Crippen molar-refractivity contribution in [2.45, 2.75) is 6.92 Å². The number of hydrogen-bond donors (Lipinski definition) is 2. The summed E-state index contributed by atoms with van der Waals surface area (Å²) in [5.41, 5.74) is 3.84. The van der Waals surface area contributed by atoms with Crippen LogP contribution < -0.4 is 5.48 Å². The van der Waals surface area contributed by atoms with Gasteiger partial charge in [0.2, 0.25) is 0 Å². The predicted molar refractivity (Wildman–Crippen MR) is 44.3 cm³/mol. The van der Waals surface area contributed by atoms with Crippen molar-refractivity contribution in [1.82, 2.24) is 0 Å². The Bertz CT molecular complexity index is 237. The van der Waals surface area contributed by atoms with E-state index in [2.05, 4.69) is 21.4 Å². The topological polar surface area (TPSA) is 32.3 Å². The molecule has 0 saturated carbocycles. The number of benzene rings is 1. The lowest BCUT2D eigenvalue weighted by Gasteiger charge is -2.03. The Morgan fingerprint density at radius 3 is 2.70 bits per heavy atom. The quantitative estimate of drug-likeness (QED) is 0.686. The van der Waals surface area contributed by atoms with E-state index in [1.807, 2.05) is 19.1 Å². The molecule has 0 fully saturated rings. The van der Waals surface area contributed by atoms with E-state index in [0.717, 1.165) is 15.7 Å². The second kappa shape index (κ2) is 3.03. The van der Waals surface area contributed by atoms with E-state index in [9.17, 15) is 0 Å². The molecule has 0 bridgehead atoms. The van der Waals surface area contributed by atoms with Gasteiger partial charge in [-0.05, 0) is 24.6 Å². The predicted octanol–water partition coefficient (Wildman–Crippen LogP) is 2.56. The molecule has 0 spiro atoms. The molecule has 3 heteroatoms. The second-order valence-corrected chi connectivity index (χ2v) is 2.88. The molecule has 0 unspecified atom stereocenters. The van der Waals surface area contributed by atoms with Crippen LogP contribution in [-0.2, 0) is 0 Å². The van der Waals surface area contributed by atoms with Gasteiger partial charge in [-0.2, -0.15) is 0 Å². The summed E-state index contributed by atoms with van der Waals surface area (Å²) < 4.78 is 0.992. The van der Waals surface area contributed by atoms with E-state index in [0.29, 0.717) is 0 Å². The smallest absolute Gasteiger partial charge is 0.0642 e. The lowest BCUT2D eigenvalue weighted by atomic mass is 10.2. The Labute approximate surface area is 68.0 Å². The number of nitrogens with one attached hydrogen (secondary N) is 1. The van der Waals surface area contributed by atoms with Crippen LogP contribution in [0.5, 0.6) is 0 Å². The number of rotatable bonds is 1. The zero-order valence-corrected chi connectivity index (χ0v) is 7.14. The van der Waals surface area contributed by atoms with Crippen molar-refractivity contribution >= 4 is 21.6 Å². The Morgan fingerprint density at radius 1 is 1.50 bits per heavy atom. The van der Waals surface area contributed by atoms with Crippen molar-refractivity contribution in [3.63, 3.8) is 0 Å². The maximum atomic E-state index is 8.57. The fourth-order valence-corrected chi connectivity index (χ4v) is 1.09. The lowest BCUT2D eigenvalue weighted by molar-refractivity contribution is 0.388. The Hall–Kier alpha value is -0.540. The van der Waals surface area contributed by atoms with Gasteiger partial charge in [0.05, 0.1) is 5.69 Å². The molecule has 1 aromatic carbocycles. The zero-order chi connectivity index (χ0) is 7.56. The highest BCUT2D eigenvalue weighted by atomic mass is 79.9. The first kappa shape index (κ1) is 7.57. The first-order chi connectivity index (χ1) is 4.75. The van der Waals surface area contributed by atoms with Crippen molar-refractivity contribution in [2.24, 2.45) is 0 Å². The molecule has 10 heavy (non-hydrogen) atoms. The fourth-order valence-electron chi connectivity index (χ4n) is 0.729. The fraction of sp³-hybridized carbons (Fsp3) is 0.143. The van der Waals surface area contributed by atoms with Gasteiger partial charge < -0.3 is 0 Å². The highest BCUT2D eigenvalue weighted by molar-refractivity contribution is 9.10. The van der Waals surface area contributed by atoms with Crippen molar-refractivity contribution in [3.8, 4) is 0 Å². The summed E-state index contributed by atoms with van der Waals surface area (Å²) in [5, 5.41) is 8.57. The molecule has 0 saturated heterocycles. The van der Waals surface area contributed by atoms with Crippen LogP contribution >= 0.6 is 15.9 Å². The molecule has 2 nitrogen and oxygen atoms in total. The maximum absolute atomic E-state index is 8.57. The van der Waals surface area contributed by atoms with Crippen molar-refractivity contribution in [3.05, 3.63) is 28.2 Å². The van der Waals surface area contributed by atoms with Crippen LogP contribution in [0.3, 0.4) is 0 Å². The minimum atomic E-state index is 0.731. The van der Waals surface area contributed by atoms with E-state index in [-0.39, 0.29) is 0 Å². The van der Waals surface area contributed by atoms with Crippen molar-refractivity contribution in [2.75, 3.05) is 5.48 Å². The summed E-state index contributed by atoms with van der Waals surface area (Å²) in [5.74, 6) is 0. The molecule has 0 aliphatic heterocycles. The van der Waals surface area contributed by atoms with E-state index in [1.165, 1.54) is 0 Å². The first-order valence-corrected chi connectivity index (χ1v) is 3.70. The van der Waals surface area contributed by atoms with Gasteiger partial charge in [-0.1, -0.05) is 22.0 Å². The van der Waals surface area contributed by atoms with Gasteiger partial charge in [0.15, 0.2) is 0 Å². The Morgan fingerprint density at radius 2 is 2.20 bits per heavy atom. The third kappa shape index (κ3) is 1.30. The molecule has 1 rings (SSSR count). The number of hydrogen-bond acceptors (Lipinski definition) is 2. The molecule has 0 heterocycles. The van der Waals surface area contributed by atoms with E-state index < -0.39 is 0 Å². The second-order valence-electron chi connectivity index (χ2n) is 2.02. The molecule has 54 valence electrons. The van der Waals surface area contributed by atoms with Crippen LogP contribution in [0.4, 0.5) is 5.69 Å². The average Bonchev–Trinajstić information content (AvgIpc) is 1.95. The van der Waals surface area contributed by atoms with Gasteiger partial charge in [0, 0.05) is 4.47 Å². The van der Waals surface area contributed by atoms with Crippen molar-refractivity contribution < 1.29 is 5.21 Å². The molecule has 0 aliphatic carbocycles. The summed E-state index contributed by atoms with van der Waals surface area (Å²) in [4.78, 5) is 0. The standard InChI is InChI=1S/C7H8BrNO/c1-5-6(8)3-2-4-7(5)9-10/h2-4,9-10H,1H3. The third-order valence-corrected chi connectivity index (χ3v) is 2.25. The molecule has 0 radical (unpaired) electrons. The Kier molecular flexibility index (Phi) is 2.29. The molecule has 0 atom stereocenters. The highest BCUT2D eigenvalue weighted by Crippen LogP contribution is 2.22. The Balaban J connectivity index is 3.14. The maximum Gasteiger partial charge on any atom is 0.0642 e. The van der Waals surface area contributed by atoms with Crippen LogP contribution in [0.2, 0.25) is 0 Å². The molecular formula is C7H8BrNO. The SMILES string of the molecule is Cc1c(Br)cccc1NO. The van der Waals surface area contributed by atoms with Crippen LogP contribution in [-0.4, -0.2) is 5.21 Å². The summed E-state index contributed by atoms with van der Waals surface area (Å²) in [6.45, 7) is 1.92. The van der Waals surface area contributed by atoms with Crippen LogP contribution in [0.25, 0.3) is 0 Å². The van der Waals surface area contributed by atoms with Gasteiger partial charge >= 0.3 is 0 Å². The lowest BCUT2D eigenvalue weighted by Crippen LogP contribution is -1.91. The third-order valence-electron chi connectivity index (χ3n) is 1.39. The molecule has 1 aromatic rings. The molecule has 0 amide bonds. The van der Waals surface area contributed by atoms with Gasteiger partial charge in [0.1, 0.15) is 0 Å². The van der Waals surface area contributed by atoms with Crippen LogP contribution in [0.1, 0.15) is 5.56 Å². The summed E-state index contributed by atoms with van der Waals surface area (Å²) in [6.07, 6.45) is 0. The van der Waals surface area contributed by atoms with E-state index >= 15 is 0 Å².